The standard InChI is InChI=1S/C19H29N3O2.ClH/c1-3-14(2)17(20)18(23)21-13-15-7-9-16(10-8-15)19(24)22-11-5-4-6-12-22;/h7-10,14,17H,3-6,11-13,20H2,1-2H3,(H,21,23);1H. The van der Waals surface area contributed by atoms with Gasteiger partial charge in [-0.3, -0.25) is 9.59 Å². The van der Waals surface area contributed by atoms with Gasteiger partial charge < -0.3 is 16.0 Å². The number of piperidine rings is 1. The first kappa shape index (κ1) is 21.5. The lowest BCUT2D eigenvalue weighted by Gasteiger charge is -2.26. The minimum absolute atomic E-state index is 0. The second-order valence-corrected chi connectivity index (χ2v) is 6.68. The Hall–Kier alpha value is -1.59. The fourth-order valence-corrected chi connectivity index (χ4v) is 2.86. The number of benzene rings is 1. The SMILES string of the molecule is CCC(C)C(N)C(=O)NCc1ccc(C(=O)N2CCCCC2)cc1.Cl. The number of halogens is 1. The van der Waals surface area contributed by atoms with Crippen LogP contribution >= 0.6 is 12.4 Å². The van der Waals surface area contributed by atoms with Gasteiger partial charge in [-0.1, -0.05) is 32.4 Å². The maximum atomic E-state index is 12.4. The van der Waals surface area contributed by atoms with Crippen molar-refractivity contribution in [2.45, 2.75) is 52.1 Å². The molecular formula is C19H30ClN3O2. The van der Waals surface area contributed by atoms with Gasteiger partial charge in [0.1, 0.15) is 0 Å². The highest BCUT2D eigenvalue weighted by atomic mass is 35.5. The minimum atomic E-state index is -0.477. The lowest BCUT2D eigenvalue weighted by Crippen LogP contribution is -2.44. The molecule has 2 unspecified atom stereocenters. The van der Waals surface area contributed by atoms with Gasteiger partial charge in [-0.05, 0) is 42.9 Å². The zero-order chi connectivity index (χ0) is 17.5. The summed E-state index contributed by atoms with van der Waals surface area (Å²) in [7, 11) is 0. The Bertz CT molecular complexity index is 556. The average molecular weight is 368 g/mol. The molecule has 1 aliphatic rings. The summed E-state index contributed by atoms with van der Waals surface area (Å²) in [5.74, 6) is 0.136. The number of amides is 2. The third-order valence-corrected chi connectivity index (χ3v) is 4.87. The molecule has 6 heteroatoms. The van der Waals surface area contributed by atoms with Crippen molar-refractivity contribution in [1.29, 1.82) is 0 Å². The molecule has 25 heavy (non-hydrogen) atoms. The molecule has 0 bridgehead atoms. The Morgan fingerprint density at radius 2 is 1.76 bits per heavy atom. The normalized spacial score (nSPS) is 16.5. The summed E-state index contributed by atoms with van der Waals surface area (Å²) in [6.45, 7) is 6.14. The van der Waals surface area contributed by atoms with Gasteiger partial charge >= 0.3 is 0 Å². The average Bonchev–Trinajstić information content (AvgIpc) is 2.65. The van der Waals surface area contributed by atoms with Crippen LogP contribution in [-0.2, 0) is 11.3 Å². The van der Waals surface area contributed by atoms with E-state index in [-0.39, 0.29) is 30.1 Å². The molecule has 140 valence electrons. The molecule has 1 fully saturated rings. The highest BCUT2D eigenvalue weighted by molar-refractivity contribution is 5.94. The number of hydrogen-bond donors (Lipinski definition) is 2. The van der Waals surface area contributed by atoms with Gasteiger partial charge in [0, 0.05) is 25.2 Å². The van der Waals surface area contributed by atoms with Crippen molar-refractivity contribution in [2.24, 2.45) is 11.7 Å². The highest BCUT2D eigenvalue weighted by Gasteiger charge is 2.19. The number of likely N-dealkylation sites (tertiary alicyclic amines) is 1. The van der Waals surface area contributed by atoms with Crippen LogP contribution in [0.2, 0.25) is 0 Å². The van der Waals surface area contributed by atoms with E-state index in [1.54, 1.807) is 0 Å². The largest absolute Gasteiger partial charge is 0.351 e. The molecule has 0 aliphatic carbocycles. The summed E-state index contributed by atoms with van der Waals surface area (Å²) in [5, 5.41) is 2.87. The quantitative estimate of drug-likeness (QED) is 0.811. The molecule has 0 spiro atoms. The number of hydrogen-bond acceptors (Lipinski definition) is 3. The molecule has 1 aromatic carbocycles. The monoisotopic (exact) mass is 367 g/mol. The zero-order valence-corrected chi connectivity index (χ0v) is 16.0. The molecule has 2 atom stereocenters. The van der Waals surface area contributed by atoms with Crippen LogP contribution in [0, 0.1) is 5.92 Å². The second-order valence-electron chi connectivity index (χ2n) is 6.68. The third-order valence-electron chi connectivity index (χ3n) is 4.87. The van der Waals surface area contributed by atoms with E-state index in [0.717, 1.165) is 37.9 Å². The number of nitrogens with one attached hydrogen (secondary N) is 1. The van der Waals surface area contributed by atoms with Crippen LogP contribution < -0.4 is 11.1 Å². The smallest absolute Gasteiger partial charge is 0.253 e. The Morgan fingerprint density at radius 1 is 1.16 bits per heavy atom. The van der Waals surface area contributed by atoms with Gasteiger partial charge in [-0.15, -0.1) is 12.4 Å². The molecule has 1 saturated heterocycles. The van der Waals surface area contributed by atoms with Crippen molar-refractivity contribution in [3.63, 3.8) is 0 Å². The summed E-state index contributed by atoms with van der Waals surface area (Å²) >= 11 is 0. The van der Waals surface area contributed by atoms with Crippen molar-refractivity contribution >= 4 is 24.2 Å². The van der Waals surface area contributed by atoms with Crippen molar-refractivity contribution in [1.82, 2.24) is 10.2 Å². The van der Waals surface area contributed by atoms with Gasteiger partial charge in [0.15, 0.2) is 0 Å². The fourth-order valence-electron chi connectivity index (χ4n) is 2.86. The molecule has 3 N–H and O–H groups in total. The Balaban J connectivity index is 0.00000312. The Labute approximate surface area is 156 Å². The zero-order valence-electron chi connectivity index (χ0n) is 15.2. The Morgan fingerprint density at radius 3 is 2.32 bits per heavy atom. The maximum Gasteiger partial charge on any atom is 0.253 e. The summed E-state index contributed by atoms with van der Waals surface area (Å²) in [5.41, 5.74) is 7.60. The summed E-state index contributed by atoms with van der Waals surface area (Å²) in [6, 6.07) is 6.99. The molecule has 0 radical (unpaired) electrons. The molecule has 1 aromatic rings. The van der Waals surface area contributed by atoms with Gasteiger partial charge in [0.05, 0.1) is 6.04 Å². The summed E-state index contributed by atoms with van der Waals surface area (Å²) < 4.78 is 0. The van der Waals surface area contributed by atoms with Gasteiger partial charge in [-0.25, -0.2) is 0 Å². The molecule has 0 aromatic heterocycles. The van der Waals surface area contributed by atoms with E-state index in [4.69, 9.17) is 5.73 Å². The molecule has 5 nitrogen and oxygen atoms in total. The summed E-state index contributed by atoms with van der Waals surface area (Å²) in [4.78, 5) is 26.3. The highest BCUT2D eigenvalue weighted by Crippen LogP contribution is 2.14. The predicted molar refractivity (Wildman–Crippen MR) is 103 cm³/mol. The predicted octanol–water partition coefficient (Wildman–Crippen LogP) is 2.72. The third kappa shape index (κ3) is 6.01. The van der Waals surface area contributed by atoms with Crippen LogP contribution in [0.1, 0.15) is 55.5 Å². The van der Waals surface area contributed by atoms with Crippen molar-refractivity contribution in [3.05, 3.63) is 35.4 Å². The topological polar surface area (TPSA) is 75.4 Å². The molecule has 1 aliphatic heterocycles. The number of nitrogens with zero attached hydrogens (tertiary/aromatic N) is 1. The van der Waals surface area contributed by atoms with Crippen molar-refractivity contribution < 1.29 is 9.59 Å². The van der Waals surface area contributed by atoms with E-state index in [9.17, 15) is 9.59 Å². The van der Waals surface area contributed by atoms with Crippen molar-refractivity contribution in [3.8, 4) is 0 Å². The molecule has 1 heterocycles. The molecule has 2 amide bonds. The number of nitrogens with two attached hydrogens (primary N) is 1. The van der Waals surface area contributed by atoms with Gasteiger partial charge in [0.25, 0.3) is 5.91 Å². The number of carbonyl (C=O) groups excluding carboxylic acids is 2. The van der Waals surface area contributed by atoms with Gasteiger partial charge in [0.2, 0.25) is 5.91 Å². The molecule has 0 saturated carbocycles. The van der Waals surface area contributed by atoms with Gasteiger partial charge in [-0.2, -0.15) is 0 Å². The van der Waals surface area contributed by atoms with Crippen LogP contribution in [0.4, 0.5) is 0 Å². The first-order valence-corrected chi connectivity index (χ1v) is 8.94. The van der Waals surface area contributed by atoms with Crippen LogP contribution in [-0.4, -0.2) is 35.8 Å². The summed E-state index contributed by atoms with van der Waals surface area (Å²) in [6.07, 6.45) is 4.27. The lowest BCUT2D eigenvalue weighted by atomic mass is 9.99. The van der Waals surface area contributed by atoms with Crippen LogP contribution in [0.25, 0.3) is 0 Å². The first-order valence-electron chi connectivity index (χ1n) is 8.94. The second kappa shape index (κ2) is 10.4. The molecule has 2 rings (SSSR count). The van der Waals surface area contributed by atoms with Crippen LogP contribution in [0.3, 0.4) is 0 Å². The Kier molecular flexibility index (Phi) is 8.93. The minimum Gasteiger partial charge on any atom is -0.351 e. The van der Waals surface area contributed by atoms with E-state index < -0.39 is 6.04 Å². The lowest BCUT2D eigenvalue weighted by molar-refractivity contribution is -0.123. The van der Waals surface area contributed by atoms with E-state index in [2.05, 4.69) is 5.32 Å². The van der Waals surface area contributed by atoms with E-state index in [0.29, 0.717) is 12.1 Å². The number of carbonyl (C=O) groups is 2. The first-order chi connectivity index (χ1) is 11.5. The van der Waals surface area contributed by atoms with E-state index in [1.807, 2.05) is 43.0 Å². The number of rotatable bonds is 6. The van der Waals surface area contributed by atoms with Crippen LogP contribution in [0.5, 0.6) is 0 Å². The fraction of sp³-hybridized carbons (Fsp3) is 0.579. The van der Waals surface area contributed by atoms with Crippen molar-refractivity contribution in [2.75, 3.05) is 13.1 Å². The van der Waals surface area contributed by atoms with E-state index >= 15 is 0 Å². The maximum absolute atomic E-state index is 12.4. The van der Waals surface area contributed by atoms with Crippen LogP contribution in [0.15, 0.2) is 24.3 Å². The molecular weight excluding hydrogens is 338 g/mol. The van der Waals surface area contributed by atoms with E-state index in [1.165, 1.54) is 6.42 Å².